The molecule has 1 aromatic carbocycles. The molecule has 0 radical (unpaired) electrons. The van der Waals surface area contributed by atoms with Crippen LogP contribution < -0.4 is 0 Å². The van der Waals surface area contributed by atoms with E-state index >= 15 is 0 Å². The van der Waals surface area contributed by atoms with Gasteiger partial charge >= 0.3 is 0 Å². The molecule has 2 nitrogen and oxygen atoms in total. The Morgan fingerprint density at radius 2 is 1.92 bits per heavy atom. The SMILES string of the molecule is c1ccc(COC2CCC3CC32c2occ3c2CCCCC3)cc1. The van der Waals surface area contributed by atoms with E-state index in [1.54, 1.807) is 5.56 Å². The Balaban J connectivity index is 1.40. The van der Waals surface area contributed by atoms with Crippen molar-refractivity contribution in [2.45, 2.75) is 69.5 Å². The maximum Gasteiger partial charge on any atom is 0.116 e. The number of ether oxygens (including phenoxy) is 1. The zero-order chi connectivity index (χ0) is 16.0. The largest absolute Gasteiger partial charge is 0.468 e. The Hall–Kier alpha value is -1.54. The van der Waals surface area contributed by atoms with Gasteiger partial charge in [0.25, 0.3) is 0 Å². The highest BCUT2D eigenvalue weighted by Crippen LogP contribution is 2.66. The Bertz CT molecular complexity index is 717. The lowest BCUT2D eigenvalue weighted by Gasteiger charge is -2.23. The van der Waals surface area contributed by atoms with Gasteiger partial charge in [0, 0.05) is 0 Å². The lowest BCUT2D eigenvalue weighted by Crippen LogP contribution is -2.27. The maximum atomic E-state index is 6.43. The van der Waals surface area contributed by atoms with Gasteiger partial charge < -0.3 is 9.15 Å². The van der Waals surface area contributed by atoms with E-state index < -0.39 is 0 Å². The van der Waals surface area contributed by atoms with E-state index in [-0.39, 0.29) is 5.41 Å². The summed E-state index contributed by atoms with van der Waals surface area (Å²) in [6.45, 7) is 0.725. The van der Waals surface area contributed by atoms with E-state index in [2.05, 4.69) is 36.6 Å². The molecule has 2 heteroatoms. The first-order valence-corrected chi connectivity index (χ1v) is 9.63. The van der Waals surface area contributed by atoms with Crippen LogP contribution in [0.3, 0.4) is 0 Å². The average molecular weight is 322 g/mol. The zero-order valence-corrected chi connectivity index (χ0v) is 14.3. The Morgan fingerprint density at radius 1 is 1.04 bits per heavy atom. The third kappa shape index (κ3) is 2.27. The van der Waals surface area contributed by atoms with Crippen molar-refractivity contribution >= 4 is 0 Å². The third-order valence-electron chi connectivity index (χ3n) is 6.57. The second-order valence-electron chi connectivity index (χ2n) is 7.93. The summed E-state index contributed by atoms with van der Waals surface area (Å²) in [6, 6.07) is 10.6. The molecule has 126 valence electrons. The van der Waals surface area contributed by atoms with Crippen LogP contribution in [0.15, 0.2) is 41.0 Å². The number of aryl methyl sites for hydroxylation is 1. The molecule has 0 saturated heterocycles. The topological polar surface area (TPSA) is 22.4 Å². The smallest absolute Gasteiger partial charge is 0.116 e. The van der Waals surface area contributed by atoms with Gasteiger partial charge in [-0.25, -0.2) is 0 Å². The molecule has 24 heavy (non-hydrogen) atoms. The van der Waals surface area contributed by atoms with Gasteiger partial charge in [0.1, 0.15) is 5.76 Å². The Kier molecular flexibility index (Phi) is 3.55. The van der Waals surface area contributed by atoms with Crippen molar-refractivity contribution in [1.29, 1.82) is 0 Å². The van der Waals surface area contributed by atoms with Gasteiger partial charge in [-0.05, 0) is 67.6 Å². The van der Waals surface area contributed by atoms with Gasteiger partial charge in [-0.3, -0.25) is 0 Å². The molecule has 0 N–H and O–H groups in total. The van der Waals surface area contributed by atoms with Crippen molar-refractivity contribution < 1.29 is 9.15 Å². The molecule has 1 heterocycles. The highest BCUT2D eigenvalue weighted by atomic mass is 16.5. The molecule has 0 amide bonds. The quantitative estimate of drug-likeness (QED) is 0.723. The highest BCUT2D eigenvalue weighted by molar-refractivity contribution is 5.42. The van der Waals surface area contributed by atoms with E-state index in [9.17, 15) is 0 Å². The minimum Gasteiger partial charge on any atom is -0.468 e. The molecule has 0 spiro atoms. The Morgan fingerprint density at radius 3 is 2.79 bits per heavy atom. The summed E-state index contributed by atoms with van der Waals surface area (Å²) in [5.41, 5.74) is 4.50. The first-order chi connectivity index (χ1) is 11.9. The fourth-order valence-corrected chi connectivity index (χ4v) is 5.23. The standard InChI is InChI=1S/C22H26O2/c1-3-7-16(8-4-1)14-23-20-12-11-18-13-22(18,20)21-19-10-6-2-5-9-17(19)15-24-21/h1,3-4,7-8,15,18,20H,2,5-6,9-14H2. The van der Waals surface area contributed by atoms with Crippen LogP contribution >= 0.6 is 0 Å². The van der Waals surface area contributed by atoms with Gasteiger partial charge in [0.2, 0.25) is 0 Å². The minimum absolute atomic E-state index is 0.201. The highest BCUT2D eigenvalue weighted by Gasteiger charge is 2.67. The lowest BCUT2D eigenvalue weighted by molar-refractivity contribution is 0.0152. The zero-order valence-electron chi connectivity index (χ0n) is 14.3. The van der Waals surface area contributed by atoms with Crippen LogP contribution in [-0.4, -0.2) is 6.10 Å². The van der Waals surface area contributed by atoms with Crippen LogP contribution in [0.1, 0.15) is 61.0 Å². The molecule has 3 aliphatic carbocycles. The molecular weight excluding hydrogens is 296 g/mol. The van der Waals surface area contributed by atoms with Gasteiger partial charge in [-0.15, -0.1) is 0 Å². The number of hydrogen-bond donors (Lipinski definition) is 0. The minimum atomic E-state index is 0.201. The van der Waals surface area contributed by atoms with E-state index in [1.807, 2.05) is 0 Å². The van der Waals surface area contributed by atoms with E-state index in [0.29, 0.717) is 6.10 Å². The van der Waals surface area contributed by atoms with Crippen LogP contribution in [0, 0.1) is 5.92 Å². The maximum absolute atomic E-state index is 6.43. The monoisotopic (exact) mass is 322 g/mol. The molecule has 1 aromatic heterocycles. The Labute approximate surface area is 144 Å². The fourth-order valence-electron chi connectivity index (χ4n) is 5.23. The number of rotatable bonds is 4. The van der Waals surface area contributed by atoms with Gasteiger partial charge in [-0.1, -0.05) is 36.8 Å². The number of furan rings is 1. The summed E-state index contributed by atoms with van der Waals surface area (Å²) in [7, 11) is 0. The van der Waals surface area contributed by atoms with Crippen molar-refractivity contribution in [3.05, 3.63) is 59.0 Å². The predicted molar refractivity (Wildman–Crippen MR) is 94.0 cm³/mol. The summed E-state index contributed by atoms with van der Waals surface area (Å²) in [6.07, 6.45) is 12.6. The second kappa shape index (κ2) is 5.77. The van der Waals surface area contributed by atoms with Crippen LogP contribution in [-0.2, 0) is 29.6 Å². The van der Waals surface area contributed by atoms with Crippen molar-refractivity contribution in [1.82, 2.24) is 0 Å². The molecular formula is C22H26O2. The van der Waals surface area contributed by atoms with Gasteiger partial charge in [0.05, 0.1) is 24.4 Å². The summed E-state index contributed by atoms with van der Waals surface area (Å²) in [5, 5.41) is 0. The number of benzene rings is 1. The lowest BCUT2D eigenvalue weighted by atomic mass is 9.91. The molecule has 0 bridgehead atoms. The summed E-state index contributed by atoms with van der Waals surface area (Å²) >= 11 is 0. The summed E-state index contributed by atoms with van der Waals surface area (Å²) in [4.78, 5) is 0. The van der Waals surface area contributed by atoms with Crippen LogP contribution in [0.25, 0.3) is 0 Å². The first-order valence-electron chi connectivity index (χ1n) is 9.63. The third-order valence-corrected chi connectivity index (χ3v) is 6.57. The molecule has 3 atom stereocenters. The summed E-state index contributed by atoms with van der Waals surface area (Å²) in [5.74, 6) is 2.09. The fraction of sp³-hybridized carbons (Fsp3) is 0.545. The van der Waals surface area contributed by atoms with Crippen LogP contribution in [0.2, 0.25) is 0 Å². The van der Waals surface area contributed by atoms with Crippen LogP contribution in [0.4, 0.5) is 0 Å². The summed E-state index contributed by atoms with van der Waals surface area (Å²) < 4.78 is 12.6. The predicted octanol–water partition coefficient (Wildman–Crippen LogP) is 5.19. The van der Waals surface area contributed by atoms with Crippen molar-refractivity contribution in [3.8, 4) is 0 Å². The molecule has 5 rings (SSSR count). The van der Waals surface area contributed by atoms with E-state index in [4.69, 9.17) is 9.15 Å². The van der Waals surface area contributed by atoms with Gasteiger partial charge in [0.15, 0.2) is 0 Å². The van der Waals surface area contributed by atoms with Crippen LogP contribution in [0.5, 0.6) is 0 Å². The van der Waals surface area contributed by atoms with E-state index in [0.717, 1.165) is 12.5 Å². The molecule has 2 fully saturated rings. The van der Waals surface area contributed by atoms with Crippen molar-refractivity contribution in [2.24, 2.45) is 5.92 Å². The van der Waals surface area contributed by atoms with Crippen molar-refractivity contribution in [3.63, 3.8) is 0 Å². The molecule has 3 aliphatic rings. The molecule has 2 saturated carbocycles. The normalized spacial score (nSPS) is 31.3. The van der Waals surface area contributed by atoms with Gasteiger partial charge in [-0.2, -0.15) is 0 Å². The molecule has 2 aromatic rings. The first kappa shape index (κ1) is 14.8. The average Bonchev–Trinajstić information content (AvgIpc) is 3.16. The number of hydrogen-bond acceptors (Lipinski definition) is 2. The van der Waals surface area contributed by atoms with Crippen molar-refractivity contribution in [2.75, 3.05) is 0 Å². The molecule has 0 aliphatic heterocycles. The van der Waals surface area contributed by atoms with E-state index in [1.165, 1.54) is 68.3 Å². The second-order valence-corrected chi connectivity index (χ2v) is 7.93. The number of fused-ring (bicyclic) bond motifs is 2. The molecule has 3 unspecified atom stereocenters.